The largest absolute Gasteiger partial charge is 0.335 e. The number of allylic oxidation sites excluding steroid dienone is 1. The molecule has 2 aliphatic rings. The van der Waals surface area contributed by atoms with Crippen molar-refractivity contribution in [2.24, 2.45) is 5.92 Å². The van der Waals surface area contributed by atoms with Gasteiger partial charge in [0.15, 0.2) is 0 Å². The van der Waals surface area contributed by atoms with Crippen LogP contribution in [0.5, 0.6) is 0 Å². The van der Waals surface area contributed by atoms with Gasteiger partial charge in [-0.15, -0.1) is 0 Å². The predicted octanol–water partition coefficient (Wildman–Crippen LogP) is 2.75. The average molecular weight is 227 g/mol. The Bertz CT molecular complexity index is 437. The maximum absolute atomic E-state index is 12.0. The van der Waals surface area contributed by atoms with E-state index in [1.54, 1.807) is 0 Å². The molecule has 3 rings (SSSR count). The standard InChI is InChI=1S/C15H17NO/c17-15-10-13-8-4-5-9-14(13)16(15)11-12-6-2-1-3-7-12/h1-4,6-8,13-14H,5,9-11H2/t13-,14+/m1/s1. The van der Waals surface area contributed by atoms with Gasteiger partial charge in [0.25, 0.3) is 0 Å². The number of likely N-dealkylation sites (tertiary alicyclic amines) is 1. The molecular weight excluding hydrogens is 210 g/mol. The van der Waals surface area contributed by atoms with Crippen molar-refractivity contribution in [1.29, 1.82) is 0 Å². The molecule has 0 N–H and O–H groups in total. The number of rotatable bonds is 2. The SMILES string of the molecule is O=C1C[C@H]2C=CCC[C@@H]2N1Cc1ccccc1. The number of amides is 1. The molecule has 1 amide bonds. The molecule has 0 aromatic heterocycles. The topological polar surface area (TPSA) is 20.3 Å². The van der Waals surface area contributed by atoms with Gasteiger partial charge in [0.2, 0.25) is 5.91 Å². The molecule has 1 heterocycles. The second-order valence-corrected chi connectivity index (χ2v) is 4.95. The highest BCUT2D eigenvalue weighted by Crippen LogP contribution is 2.34. The first-order valence-electron chi connectivity index (χ1n) is 6.34. The second kappa shape index (κ2) is 4.36. The van der Waals surface area contributed by atoms with Crippen molar-refractivity contribution in [2.75, 3.05) is 0 Å². The Morgan fingerprint density at radius 1 is 1.24 bits per heavy atom. The van der Waals surface area contributed by atoms with Gasteiger partial charge in [0.05, 0.1) is 0 Å². The lowest BCUT2D eigenvalue weighted by atomic mass is 9.91. The highest BCUT2D eigenvalue weighted by Gasteiger charge is 2.38. The zero-order chi connectivity index (χ0) is 11.7. The second-order valence-electron chi connectivity index (χ2n) is 4.95. The third kappa shape index (κ3) is 1.99. The van der Waals surface area contributed by atoms with Crippen LogP contribution in [0.15, 0.2) is 42.5 Å². The summed E-state index contributed by atoms with van der Waals surface area (Å²) in [4.78, 5) is 14.1. The van der Waals surface area contributed by atoms with Crippen LogP contribution in [0.2, 0.25) is 0 Å². The smallest absolute Gasteiger partial charge is 0.223 e. The molecule has 0 spiro atoms. The molecule has 1 aromatic rings. The van der Waals surface area contributed by atoms with Gasteiger partial charge in [0, 0.05) is 24.9 Å². The molecule has 2 heteroatoms. The number of carbonyl (C=O) groups is 1. The Morgan fingerprint density at radius 2 is 2.06 bits per heavy atom. The Balaban J connectivity index is 1.79. The van der Waals surface area contributed by atoms with E-state index >= 15 is 0 Å². The summed E-state index contributed by atoms with van der Waals surface area (Å²) in [6.45, 7) is 0.772. The Labute approximate surface area is 102 Å². The number of hydrogen-bond acceptors (Lipinski definition) is 1. The minimum atomic E-state index is 0.315. The lowest BCUT2D eigenvalue weighted by Gasteiger charge is -2.29. The fourth-order valence-corrected chi connectivity index (χ4v) is 2.96. The van der Waals surface area contributed by atoms with Crippen LogP contribution in [-0.2, 0) is 11.3 Å². The van der Waals surface area contributed by atoms with Crippen molar-refractivity contribution in [3.8, 4) is 0 Å². The van der Waals surface area contributed by atoms with Crippen molar-refractivity contribution >= 4 is 5.91 Å². The molecule has 1 aliphatic heterocycles. The van der Waals surface area contributed by atoms with Gasteiger partial charge in [0.1, 0.15) is 0 Å². The molecular formula is C15H17NO. The predicted molar refractivity (Wildman–Crippen MR) is 67.3 cm³/mol. The Kier molecular flexibility index (Phi) is 2.71. The number of hydrogen-bond donors (Lipinski definition) is 0. The summed E-state index contributed by atoms with van der Waals surface area (Å²) in [5.41, 5.74) is 1.23. The summed E-state index contributed by atoms with van der Waals surface area (Å²) < 4.78 is 0. The van der Waals surface area contributed by atoms with E-state index in [0.29, 0.717) is 24.3 Å². The first-order valence-corrected chi connectivity index (χ1v) is 6.34. The van der Waals surface area contributed by atoms with Gasteiger partial charge in [-0.05, 0) is 18.4 Å². The third-order valence-corrected chi connectivity index (χ3v) is 3.83. The molecule has 88 valence electrons. The van der Waals surface area contributed by atoms with Crippen LogP contribution in [0.3, 0.4) is 0 Å². The van der Waals surface area contributed by atoms with Crippen LogP contribution in [0.25, 0.3) is 0 Å². The molecule has 0 unspecified atom stereocenters. The van der Waals surface area contributed by atoms with E-state index in [2.05, 4.69) is 29.2 Å². The number of carbonyl (C=O) groups excluding carboxylic acids is 1. The highest BCUT2D eigenvalue weighted by atomic mass is 16.2. The summed E-state index contributed by atoms with van der Waals surface area (Å²) in [5.74, 6) is 0.773. The lowest BCUT2D eigenvalue weighted by Crippen LogP contribution is -2.35. The summed E-state index contributed by atoms with van der Waals surface area (Å²) in [5, 5.41) is 0. The van der Waals surface area contributed by atoms with Crippen LogP contribution < -0.4 is 0 Å². The molecule has 1 fully saturated rings. The number of nitrogens with zero attached hydrogens (tertiary/aromatic N) is 1. The molecule has 1 aliphatic carbocycles. The minimum absolute atomic E-state index is 0.315. The maximum atomic E-state index is 12.0. The van der Waals surface area contributed by atoms with Crippen molar-refractivity contribution in [3.63, 3.8) is 0 Å². The van der Waals surface area contributed by atoms with Gasteiger partial charge in [-0.1, -0.05) is 42.5 Å². The van der Waals surface area contributed by atoms with Crippen molar-refractivity contribution < 1.29 is 4.79 Å². The molecule has 2 nitrogen and oxygen atoms in total. The third-order valence-electron chi connectivity index (χ3n) is 3.83. The van der Waals surface area contributed by atoms with Crippen LogP contribution in [0, 0.1) is 5.92 Å². The summed E-state index contributed by atoms with van der Waals surface area (Å²) >= 11 is 0. The zero-order valence-corrected chi connectivity index (χ0v) is 9.88. The molecule has 17 heavy (non-hydrogen) atoms. The van der Waals surface area contributed by atoms with E-state index in [4.69, 9.17) is 0 Å². The first-order chi connectivity index (χ1) is 8.34. The van der Waals surface area contributed by atoms with Gasteiger partial charge in [-0.3, -0.25) is 4.79 Å². The molecule has 0 radical (unpaired) electrons. The average Bonchev–Trinajstić information content (AvgIpc) is 2.68. The van der Waals surface area contributed by atoms with Crippen LogP contribution in [0.4, 0.5) is 0 Å². The summed E-state index contributed by atoms with van der Waals surface area (Å²) in [7, 11) is 0. The monoisotopic (exact) mass is 227 g/mol. The van der Waals surface area contributed by atoms with E-state index in [9.17, 15) is 4.79 Å². The molecule has 0 saturated carbocycles. The maximum Gasteiger partial charge on any atom is 0.223 e. The molecule has 0 bridgehead atoms. The van der Waals surface area contributed by atoms with E-state index in [0.717, 1.165) is 19.4 Å². The summed E-state index contributed by atoms with van der Waals surface area (Å²) in [6, 6.07) is 10.7. The van der Waals surface area contributed by atoms with Gasteiger partial charge in [-0.2, -0.15) is 0 Å². The molecule has 1 aromatic carbocycles. The van der Waals surface area contributed by atoms with Crippen molar-refractivity contribution in [1.82, 2.24) is 4.90 Å². The fourth-order valence-electron chi connectivity index (χ4n) is 2.96. The van der Waals surface area contributed by atoms with Crippen LogP contribution >= 0.6 is 0 Å². The Morgan fingerprint density at radius 3 is 2.88 bits per heavy atom. The number of fused-ring (bicyclic) bond motifs is 1. The lowest BCUT2D eigenvalue weighted by molar-refractivity contribution is -0.129. The van der Waals surface area contributed by atoms with Crippen molar-refractivity contribution in [2.45, 2.75) is 31.8 Å². The highest BCUT2D eigenvalue weighted by molar-refractivity contribution is 5.79. The van der Waals surface area contributed by atoms with E-state index in [1.165, 1.54) is 5.56 Å². The number of benzene rings is 1. The van der Waals surface area contributed by atoms with Crippen LogP contribution in [0.1, 0.15) is 24.8 Å². The van der Waals surface area contributed by atoms with Crippen LogP contribution in [-0.4, -0.2) is 16.8 Å². The molecule has 1 saturated heterocycles. The zero-order valence-electron chi connectivity index (χ0n) is 9.88. The first kappa shape index (κ1) is 10.6. The minimum Gasteiger partial charge on any atom is -0.335 e. The fraction of sp³-hybridized carbons (Fsp3) is 0.400. The van der Waals surface area contributed by atoms with E-state index in [1.807, 2.05) is 18.2 Å². The van der Waals surface area contributed by atoms with Crippen molar-refractivity contribution in [3.05, 3.63) is 48.0 Å². The molecule has 2 atom stereocenters. The van der Waals surface area contributed by atoms with Gasteiger partial charge < -0.3 is 4.90 Å². The Hall–Kier alpha value is -1.57. The van der Waals surface area contributed by atoms with E-state index < -0.39 is 0 Å². The summed E-state index contributed by atoms with van der Waals surface area (Å²) in [6.07, 6.45) is 7.39. The van der Waals surface area contributed by atoms with Gasteiger partial charge in [-0.25, -0.2) is 0 Å². The van der Waals surface area contributed by atoms with E-state index in [-0.39, 0.29) is 0 Å². The van der Waals surface area contributed by atoms with Gasteiger partial charge >= 0.3 is 0 Å². The normalized spacial score (nSPS) is 27.3. The quantitative estimate of drug-likeness (QED) is 0.711.